The zero-order chi connectivity index (χ0) is 11.6. The van der Waals surface area contributed by atoms with Crippen molar-refractivity contribution in [1.29, 1.82) is 0 Å². The Morgan fingerprint density at radius 1 is 1.60 bits per heavy atom. The molecular weight excluding hydrogens is 194 g/mol. The molecule has 1 heterocycles. The number of hydrogen-bond donors (Lipinski definition) is 0. The molecule has 0 radical (unpaired) electrons. The zero-order valence-corrected chi connectivity index (χ0v) is 9.66. The van der Waals surface area contributed by atoms with Gasteiger partial charge in [-0.2, -0.15) is 0 Å². The summed E-state index contributed by atoms with van der Waals surface area (Å²) in [6.07, 6.45) is 1.36. The van der Waals surface area contributed by atoms with E-state index in [1.54, 1.807) is 18.7 Å². The summed E-state index contributed by atoms with van der Waals surface area (Å²) >= 11 is 0. The Hall–Kier alpha value is -1.32. The number of carbonyl (C=O) groups excluding carboxylic acids is 2. The smallest absolute Gasteiger partial charge is 0.332 e. The number of rotatable bonds is 3. The Bertz CT molecular complexity index is 318. The van der Waals surface area contributed by atoms with Crippen LogP contribution >= 0.6 is 0 Å². The molecule has 1 amide bonds. The van der Waals surface area contributed by atoms with Gasteiger partial charge < -0.3 is 9.64 Å². The first kappa shape index (κ1) is 11.8. The van der Waals surface area contributed by atoms with Crippen LogP contribution in [0.1, 0.15) is 27.7 Å². The van der Waals surface area contributed by atoms with E-state index in [0.717, 1.165) is 0 Å². The third-order valence-corrected chi connectivity index (χ3v) is 2.42. The number of hydrogen-bond acceptors (Lipinski definition) is 3. The number of β-lactam (4-membered cyclic amide) rings is 1. The standard InChI is InChI=1S/C11H17NO3/c1-5-15-9(13)6-8(2)12-7-11(3,4)10(12)14/h6H,5,7H2,1-4H3. The molecule has 1 saturated heterocycles. The molecule has 0 aliphatic carbocycles. The van der Waals surface area contributed by atoms with Crippen LogP contribution in [0.3, 0.4) is 0 Å². The number of carbonyl (C=O) groups is 2. The van der Waals surface area contributed by atoms with Gasteiger partial charge in [-0.15, -0.1) is 0 Å². The third kappa shape index (κ3) is 2.37. The fraction of sp³-hybridized carbons (Fsp3) is 0.636. The molecule has 1 aliphatic heterocycles. The predicted molar refractivity (Wildman–Crippen MR) is 55.9 cm³/mol. The van der Waals surface area contributed by atoms with Crippen LogP contribution in [0.15, 0.2) is 11.8 Å². The van der Waals surface area contributed by atoms with Crippen molar-refractivity contribution >= 4 is 11.9 Å². The number of esters is 1. The fourth-order valence-corrected chi connectivity index (χ4v) is 1.53. The zero-order valence-electron chi connectivity index (χ0n) is 9.66. The van der Waals surface area contributed by atoms with Crippen LogP contribution in [0.5, 0.6) is 0 Å². The molecule has 0 spiro atoms. The van der Waals surface area contributed by atoms with Gasteiger partial charge in [-0.25, -0.2) is 4.79 Å². The maximum Gasteiger partial charge on any atom is 0.332 e. The second kappa shape index (κ2) is 4.04. The highest BCUT2D eigenvalue weighted by molar-refractivity contribution is 5.91. The van der Waals surface area contributed by atoms with E-state index in [1.807, 2.05) is 13.8 Å². The number of allylic oxidation sites excluding steroid dienone is 1. The van der Waals surface area contributed by atoms with Crippen molar-refractivity contribution in [2.75, 3.05) is 13.2 Å². The number of nitrogens with zero attached hydrogens (tertiary/aromatic N) is 1. The molecule has 4 heteroatoms. The summed E-state index contributed by atoms with van der Waals surface area (Å²) in [6, 6.07) is 0. The van der Waals surface area contributed by atoms with Gasteiger partial charge >= 0.3 is 5.97 Å². The minimum atomic E-state index is -0.396. The summed E-state index contributed by atoms with van der Waals surface area (Å²) < 4.78 is 4.77. The SMILES string of the molecule is CCOC(=O)C=C(C)N1CC(C)(C)C1=O. The second-order valence-corrected chi connectivity index (χ2v) is 4.31. The minimum Gasteiger partial charge on any atom is -0.463 e. The van der Waals surface area contributed by atoms with Crippen molar-refractivity contribution in [3.05, 3.63) is 11.8 Å². The lowest BCUT2D eigenvalue weighted by atomic mass is 9.83. The summed E-state index contributed by atoms with van der Waals surface area (Å²) in [7, 11) is 0. The lowest BCUT2D eigenvalue weighted by molar-refractivity contribution is -0.152. The van der Waals surface area contributed by atoms with Crippen molar-refractivity contribution in [2.45, 2.75) is 27.7 Å². The molecule has 0 aromatic heterocycles. The minimum absolute atomic E-state index is 0.0561. The number of ether oxygens (including phenoxy) is 1. The first-order valence-corrected chi connectivity index (χ1v) is 5.05. The molecule has 0 N–H and O–H groups in total. The molecule has 0 bridgehead atoms. The second-order valence-electron chi connectivity index (χ2n) is 4.31. The van der Waals surface area contributed by atoms with Gasteiger partial charge in [-0.3, -0.25) is 4.79 Å². The van der Waals surface area contributed by atoms with Crippen molar-refractivity contribution < 1.29 is 14.3 Å². The molecular formula is C11H17NO3. The normalized spacial score (nSPS) is 19.9. The predicted octanol–water partition coefficient (Wildman–Crippen LogP) is 1.32. The quantitative estimate of drug-likeness (QED) is 0.402. The van der Waals surface area contributed by atoms with E-state index in [1.165, 1.54) is 6.08 Å². The lowest BCUT2D eigenvalue weighted by Crippen LogP contribution is -2.57. The Morgan fingerprint density at radius 2 is 2.20 bits per heavy atom. The van der Waals surface area contributed by atoms with Crippen LogP contribution in [0, 0.1) is 5.41 Å². The highest BCUT2D eigenvalue weighted by Crippen LogP contribution is 2.33. The lowest BCUT2D eigenvalue weighted by Gasteiger charge is -2.44. The van der Waals surface area contributed by atoms with Gasteiger partial charge in [0.15, 0.2) is 0 Å². The van der Waals surface area contributed by atoms with E-state index in [4.69, 9.17) is 4.74 Å². The first-order valence-electron chi connectivity index (χ1n) is 5.05. The maximum atomic E-state index is 11.6. The van der Waals surface area contributed by atoms with Crippen LogP contribution < -0.4 is 0 Å². The number of amides is 1. The van der Waals surface area contributed by atoms with E-state index in [2.05, 4.69) is 0 Å². The van der Waals surface area contributed by atoms with Gasteiger partial charge in [-0.05, 0) is 27.7 Å². The Labute approximate surface area is 89.9 Å². The summed E-state index contributed by atoms with van der Waals surface area (Å²) in [5, 5.41) is 0. The van der Waals surface area contributed by atoms with Gasteiger partial charge in [-0.1, -0.05) is 0 Å². The summed E-state index contributed by atoms with van der Waals surface area (Å²) in [6.45, 7) is 8.28. The van der Waals surface area contributed by atoms with Crippen molar-refractivity contribution in [3.8, 4) is 0 Å². The summed E-state index contributed by atoms with van der Waals surface area (Å²) in [4.78, 5) is 24.3. The molecule has 0 aromatic rings. The largest absolute Gasteiger partial charge is 0.463 e. The van der Waals surface area contributed by atoms with Gasteiger partial charge in [0.05, 0.1) is 12.0 Å². The highest BCUT2D eigenvalue weighted by atomic mass is 16.5. The topological polar surface area (TPSA) is 46.6 Å². The highest BCUT2D eigenvalue weighted by Gasteiger charge is 2.44. The van der Waals surface area contributed by atoms with E-state index in [9.17, 15) is 9.59 Å². The van der Waals surface area contributed by atoms with Gasteiger partial charge in [0.25, 0.3) is 0 Å². The monoisotopic (exact) mass is 211 g/mol. The maximum absolute atomic E-state index is 11.6. The fourth-order valence-electron chi connectivity index (χ4n) is 1.53. The average molecular weight is 211 g/mol. The molecule has 1 aliphatic rings. The Kier molecular flexibility index (Phi) is 3.17. The van der Waals surface area contributed by atoms with Crippen LogP contribution in [-0.2, 0) is 14.3 Å². The van der Waals surface area contributed by atoms with E-state index in [0.29, 0.717) is 18.8 Å². The molecule has 0 aromatic carbocycles. The first-order chi connectivity index (χ1) is 6.88. The van der Waals surface area contributed by atoms with Crippen LogP contribution in [-0.4, -0.2) is 29.9 Å². The molecule has 0 unspecified atom stereocenters. The molecule has 4 nitrogen and oxygen atoms in total. The Balaban J connectivity index is 2.60. The molecule has 0 saturated carbocycles. The molecule has 1 rings (SSSR count). The summed E-state index contributed by atoms with van der Waals surface area (Å²) in [5.41, 5.74) is 0.363. The average Bonchev–Trinajstić information content (AvgIpc) is 2.14. The molecule has 15 heavy (non-hydrogen) atoms. The van der Waals surface area contributed by atoms with E-state index < -0.39 is 5.97 Å². The van der Waals surface area contributed by atoms with Crippen LogP contribution in [0.4, 0.5) is 0 Å². The number of likely N-dealkylation sites (tertiary alicyclic amines) is 1. The third-order valence-electron chi connectivity index (χ3n) is 2.42. The van der Waals surface area contributed by atoms with Gasteiger partial charge in [0.2, 0.25) is 5.91 Å². The summed E-state index contributed by atoms with van der Waals surface area (Å²) in [5.74, 6) is -0.340. The van der Waals surface area contributed by atoms with E-state index >= 15 is 0 Å². The van der Waals surface area contributed by atoms with E-state index in [-0.39, 0.29) is 11.3 Å². The van der Waals surface area contributed by atoms with Crippen molar-refractivity contribution in [3.63, 3.8) is 0 Å². The van der Waals surface area contributed by atoms with Gasteiger partial charge in [0, 0.05) is 18.3 Å². The van der Waals surface area contributed by atoms with Gasteiger partial charge in [0.1, 0.15) is 0 Å². The molecule has 1 fully saturated rings. The van der Waals surface area contributed by atoms with Crippen LogP contribution in [0.2, 0.25) is 0 Å². The molecule has 0 atom stereocenters. The molecule has 84 valence electrons. The van der Waals surface area contributed by atoms with Crippen molar-refractivity contribution in [2.24, 2.45) is 5.41 Å². The van der Waals surface area contributed by atoms with Crippen molar-refractivity contribution in [1.82, 2.24) is 4.90 Å². The van der Waals surface area contributed by atoms with Crippen LogP contribution in [0.25, 0.3) is 0 Å². The Morgan fingerprint density at radius 3 is 2.60 bits per heavy atom.